The Morgan fingerprint density at radius 2 is 1.75 bits per heavy atom. The van der Waals surface area contributed by atoms with Crippen LogP contribution in [0, 0.1) is 0 Å². The van der Waals surface area contributed by atoms with Crippen LogP contribution in [0.4, 0.5) is 11.8 Å². The number of rotatable bonds is 3. The van der Waals surface area contributed by atoms with E-state index in [4.69, 9.17) is 14.5 Å². The topological polar surface area (TPSA) is 74.2 Å². The van der Waals surface area contributed by atoms with Gasteiger partial charge in [-0.25, -0.2) is 4.98 Å². The highest BCUT2D eigenvalue weighted by Crippen LogP contribution is 2.20. The molecule has 3 saturated heterocycles. The lowest BCUT2D eigenvalue weighted by atomic mass is 10.1. The molecule has 8 nitrogen and oxygen atoms in total. The van der Waals surface area contributed by atoms with E-state index in [-0.39, 0.29) is 12.1 Å². The summed E-state index contributed by atoms with van der Waals surface area (Å²) in [5.41, 5.74) is 0. The molecular weight excluding hydrogens is 310 g/mol. The van der Waals surface area contributed by atoms with Crippen molar-refractivity contribution in [3.05, 3.63) is 12.3 Å². The van der Waals surface area contributed by atoms with Gasteiger partial charge < -0.3 is 24.4 Å². The number of aliphatic hydroxyl groups excluding tert-OH is 1. The van der Waals surface area contributed by atoms with Crippen molar-refractivity contribution in [2.45, 2.75) is 12.1 Å². The number of ether oxygens (including phenoxy) is 2. The molecule has 1 N–H and O–H groups in total. The number of piperazine rings is 1. The second kappa shape index (κ2) is 7.18. The van der Waals surface area contributed by atoms with Gasteiger partial charge >= 0.3 is 0 Å². The van der Waals surface area contributed by atoms with Gasteiger partial charge in [0.05, 0.1) is 38.6 Å². The number of hydrogen-bond donors (Lipinski definition) is 1. The molecule has 2 unspecified atom stereocenters. The lowest BCUT2D eigenvalue weighted by Gasteiger charge is -2.39. The molecule has 0 spiro atoms. The van der Waals surface area contributed by atoms with E-state index in [9.17, 15) is 5.11 Å². The van der Waals surface area contributed by atoms with Crippen molar-refractivity contribution >= 4 is 11.8 Å². The molecule has 3 aliphatic heterocycles. The van der Waals surface area contributed by atoms with Gasteiger partial charge in [-0.3, -0.25) is 4.90 Å². The maximum Gasteiger partial charge on any atom is 0.227 e. The molecule has 24 heavy (non-hydrogen) atoms. The Balaban J connectivity index is 1.38. The van der Waals surface area contributed by atoms with Crippen molar-refractivity contribution in [3.8, 4) is 0 Å². The number of morpholine rings is 1. The fourth-order valence-corrected chi connectivity index (χ4v) is 3.59. The smallest absolute Gasteiger partial charge is 0.227 e. The molecule has 0 aliphatic carbocycles. The Kier molecular flexibility index (Phi) is 4.79. The van der Waals surface area contributed by atoms with E-state index in [1.54, 1.807) is 0 Å². The number of aromatic nitrogens is 2. The maximum absolute atomic E-state index is 9.99. The summed E-state index contributed by atoms with van der Waals surface area (Å²) in [5, 5.41) is 9.99. The molecule has 4 rings (SSSR count). The molecular formula is C16H25N5O3. The third-order valence-corrected chi connectivity index (χ3v) is 5.05. The summed E-state index contributed by atoms with van der Waals surface area (Å²) in [5.74, 6) is 1.77. The SMILES string of the molecule is OC1COCC1N1CCN(c2ccnc(N3CCOCC3)n2)CC1. The van der Waals surface area contributed by atoms with Gasteiger partial charge in [-0.05, 0) is 6.07 Å². The molecule has 3 fully saturated rings. The summed E-state index contributed by atoms with van der Waals surface area (Å²) in [4.78, 5) is 16.0. The van der Waals surface area contributed by atoms with Crippen molar-refractivity contribution in [3.63, 3.8) is 0 Å². The van der Waals surface area contributed by atoms with E-state index < -0.39 is 0 Å². The Bertz CT molecular complexity index is 546. The minimum Gasteiger partial charge on any atom is -0.389 e. The quantitative estimate of drug-likeness (QED) is 0.769. The van der Waals surface area contributed by atoms with E-state index in [1.165, 1.54) is 0 Å². The first-order valence-electron chi connectivity index (χ1n) is 8.72. The second-order valence-corrected chi connectivity index (χ2v) is 6.51. The molecule has 1 aromatic rings. The first-order valence-corrected chi connectivity index (χ1v) is 8.72. The molecule has 0 radical (unpaired) electrons. The van der Waals surface area contributed by atoms with Crippen LogP contribution in [0.1, 0.15) is 0 Å². The van der Waals surface area contributed by atoms with Gasteiger partial charge in [-0.15, -0.1) is 0 Å². The molecule has 132 valence electrons. The standard InChI is InChI=1S/C16H25N5O3/c22-14-12-24-11-13(14)19-3-5-20(6-4-19)15-1-2-17-16(18-15)21-7-9-23-10-8-21/h1-2,13-14,22H,3-12H2. The molecule has 3 aliphatic rings. The summed E-state index contributed by atoms with van der Waals surface area (Å²) in [7, 11) is 0. The lowest BCUT2D eigenvalue weighted by Crippen LogP contribution is -2.53. The van der Waals surface area contributed by atoms with Crippen molar-refractivity contribution < 1.29 is 14.6 Å². The van der Waals surface area contributed by atoms with Crippen molar-refractivity contribution in [1.82, 2.24) is 14.9 Å². The predicted molar refractivity (Wildman–Crippen MR) is 89.5 cm³/mol. The van der Waals surface area contributed by atoms with Crippen LogP contribution in [0.15, 0.2) is 12.3 Å². The van der Waals surface area contributed by atoms with Crippen molar-refractivity contribution in [2.24, 2.45) is 0 Å². The molecule has 0 saturated carbocycles. The average molecular weight is 335 g/mol. The lowest BCUT2D eigenvalue weighted by molar-refractivity contribution is 0.0784. The average Bonchev–Trinajstić information content (AvgIpc) is 3.09. The molecule has 1 aromatic heterocycles. The minimum absolute atomic E-state index is 0.140. The number of hydrogen-bond acceptors (Lipinski definition) is 8. The van der Waals surface area contributed by atoms with Crippen LogP contribution < -0.4 is 9.80 Å². The first kappa shape index (κ1) is 16.0. The van der Waals surface area contributed by atoms with E-state index in [0.29, 0.717) is 13.2 Å². The van der Waals surface area contributed by atoms with Crippen LogP contribution in [0.5, 0.6) is 0 Å². The Hall–Kier alpha value is -1.48. The Labute approximate surface area is 142 Å². The summed E-state index contributed by atoms with van der Waals surface area (Å²) >= 11 is 0. The third kappa shape index (κ3) is 3.32. The van der Waals surface area contributed by atoms with Crippen LogP contribution in [0.2, 0.25) is 0 Å². The Morgan fingerprint density at radius 3 is 2.46 bits per heavy atom. The van der Waals surface area contributed by atoms with Gasteiger partial charge in [0.15, 0.2) is 0 Å². The fraction of sp³-hybridized carbons (Fsp3) is 0.750. The summed E-state index contributed by atoms with van der Waals surface area (Å²) in [6.07, 6.45) is 1.48. The zero-order valence-corrected chi connectivity index (χ0v) is 13.9. The van der Waals surface area contributed by atoms with Crippen molar-refractivity contribution in [1.29, 1.82) is 0 Å². The summed E-state index contributed by atoms with van der Waals surface area (Å²) in [6, 6.07) is 2.12. The largest absolute Gasteiger partial charge is 0.389 e. The monoisotopic (exact) mass is 335 g/mol. The van der Waals surface area contributed by atoms with Gasteiger partial charge in [0, 0.05) is 45.5 Å². The number of aliphatic hydroxyl groups is 1. The molecule has 0 aromatic carbocycles. The van der Waals surface area contributed by atoms with Crippen LogP contribution in [0.25, 0.3) is 0 Å². The molecule has 2 atom stereocenters. The highest BCUT2D eigenvalue weighted by Gasteiger charge is 2.33. The van der Waals surface area contributed by atoms with E-state index in [1.807, 2.05) is 12.3 Å². The zero-order valence-electron chi connectivity index (χ0n) is 13.9. The summed E-state index contributed by atoms with van der Waals surface area (Å²) in [6.45, 7) is 7.90. The first-order chi connectivity index (χ1) is 11.8. The minimum atomic E-state index is -0.358. The van der Waals surface area contributed by atoms with E-state index >= 15 is 0 Å². The highest BCUT2D eigenvalue weighted by atomic mass is 16.5. The Morgan fingerprint density at radius 1 is 0.958 bits per heavy atom. The van der Waals surface area contributed by atoms with Crippen molar-refractivity contribution in [2.75, 3.05) is 75.5 Å². The zero-order chi connectivity index (χ0) is 16.4. The van der Waals surface area contributed by atoms with Gasteiger partial charge in [-0.2, -0.15) is 4.98 Å². The van der Waals surface area contributed by atoms with Gasteiger partial charge in [0.25, 0.3) is 0 Å². The second-order valence-electron chi connectivity index (χ2n) is 6.51. The summed E-state index contributed by atoms with van der Waals surface area (Å²) < 4.78 is 10.8. The van der Waals surface area contributed by atoms with E-state index in [2.05, 4.69) is 19.7 Å². The van der Waals surface area contributed by atoms with Gasteiger partial charge in [0.2, 0.25) is 5.95 Å². The van der Waals surface area contributed by atoms with Crippen LogP contribution in [-0.2, 0) is 9.47 Å². The maximum atomic E-state index is 9.99. The highest BCUT2D eigenvalue weighted by molar-refractivity contribution is 5.44. The predicted octanol–water partition coefficient (Wildman–Crippen LogP) is -0.805. The van der Waals surface area contributed by atoms with Gasteiger partial charge in [-0.1, -0.05) is 0 Å². The normalized spacial score (nSPS) is 29.2. The molecule has 8 heteroatoms. The van der Waals surface area contributed by atoms with E-state index in [0.717, 1.165) is 64.2 Å². The van der Waals surface area contributed by atoms with Crippen LogP contribution in [-0.4, -0.2) is 97.8 Å². The third-order valence-electron chi connectivity index (χ3n) is 5.05. The molecule has 0 amide bonds. The fourth-order valence-electron chi connectivity index (χ4n) is 3.59. The molecule has 0 bridgehead atoms. The molecule has 4 heterocycles. The number of nitrogens with zero attached hydrogens (tertiary/aromatic N) is 5. The number of anilines is 2. The van der Waals surface area contributed by atoms with Gasteiger partial charge in [0.1, 0.15) is 5.82 Å². The van der Waals surface area contributed by atoms with Crippen LogP contribution in [0.3, 0.4) is 0 Å². The van der Waals surface area contributed by atoms with Crippen LogP contribution >= 0.6 is 0 Å².